The van der Waals surface area contributed by atoms with Crippen LogP contribution < -0.4 is 10.5 Å². The molecule has 0 fully saturated rings. The maximum Gasteiger partial charge on any atom is 0.449 e. The Morgan fingerprint density at radius 3 is 2.02 bits per heavy atom. The van der Waals surface area contributed by atoms with Crippen LogP contribution in [0.1, 0.15) is 0 Å². The minimum atomic E-state index is -5.07. The molecule has 0 aliphatic rings. The zero-order valence-corrected chi connectivity index (χ0v) is 30.5. The van der Waals surface area contributed by atoms with Crippen molar-refractivity contribution in [3.8, 4) is 11.5 Å². The summed E-state index contributed by atoms with van der Waals surface area (Å²) < 4.78 is 109. The van der Waals surface area contributed by atoms with Gasteiger partial charge in [-0.2, -0.15) is 27.1 Å². The van der Waals surface area contributed by atoms with Gasteiger partial charge in [0, 0.05) is 12.1 Å². The zero-order valence-electron chi connectivity index (χ0n) is 26.4. The molecule has 0 spiro atoms. The highest BCUT2D eigenvalue weighted by Crippen LogP contribution is 2.49. The Labute approximate surface area is 309 Å². The SMILES string of the molecule is COCCS(=O)(=O)c1ccc(N=Nc2c(S(=O)(=O)O)cc3cc(SOOO)c(N=Nc4ccc(OC(=C=S)OS(=O)(=O)O)cc4)c(N)c3c2O)cc1.O. The van der Waals surface area contributed by atoms with Gasteiger partial charge in [0.15, 0.2) is 15.6 Å². The van der Waals surface area contributed by atoms with E-state index in [-0.39, 0.29) is 66.9 Å². The number of aromatic hydroxyl groups is 1. The van der Waals surface area contributed by atoms with Gasteiger partial charge in [0.1, 0.15) is 22.0 Å². The van der Waals surface area contributed by atoms with E-state index in [2.05, 4.69) is 46.2 Å². The minimum Gasteiger partial charge on any atom is -0.505 e. The highest BCUT2D eigenvalue weighted by Gasteiger charge is 2.26. The predicted molar refractivity (Wildman–Crippen MR) is 189 cm³/mol. The quantitative estimate of drug-likeness (QED) is 0.0147. The molecule has 26 heteroatoms. The van der Waals surface area contributed by atoms with E-state index in [0.717, 1.165) is 6.07 Å². The molecule has 0 saturated carbocycles. The number of nitrogens with two attached hydrogens (primary N) is 1. The summed E-state index contributed by atoms with van der Waals surface area (Å²) in [4.78, 5) is -0.974. The number of nitrogen functional groups attached to an aromatic ring is 1. The molecule has 21 nitrogen and oxygen atoms in total. The van der Waals surface area contributed by atoms with Crippen molar-refractivity contribution in [2.75, 3.05) is 25.2 Å². The smallest absolute Gasteiger partial charge is 0.449 e. The highest BCUT2D eigenvalue weighted by molar-refractivity contribution is 7.94. The normalized spacial score (nSPS) is 12.2. The number of sulfone groups is 1. The van der Waals surface area contributed by atoms with Crippen molar-refractivity contribution >= 4 is 98.8 Å². The zero-order chi connectivity index (χ0) is 38.3. The summed E-state index contributed by atoms with van der Waals surface area (Å²) in [5.74, 6) is -2.01. The number of fused-ring (bicyclic) bond motifs is 1. The van der Waals surface area contributed by atoms with Gasteiger partial charge < -0.3 is 30.0 Å². The lowest BCUT2D eigenvalue weighted by Gasteiger charge is -2.14. The summed E-state index contributed by atoms with van der Waals surface area (Å²) in [6.07, 6.45) is 0. The third kappa shape index (κ3) is 11.2. The van der Waals surface area contributed by atoms with Gasteiger partial charge in [-0.15, -0.1) is 14.6 Å². The standard InChI is InChI=1S/C27H23N5O15S5.H2O/c1-43-10-11-50(35,36)19-8-4-17(5-9-19)30-32-26-21(51(37,38)39)13-15-12-20(49-47-46-34)25(24(28)23(15)27(26)33)31-29-16-2-6-18(7-3-16)44-22(14-48)45-52(40,41)42;/h2-9,12-13,33-34H,10-11,28H2,1H3,(H,37,38,39)(H,40,41,42);1H2. The van der Waals surface area contributed by atoms with Crippen LogP contribution >= 0.6 is 24.3 Å². The van der Waals surface area contributed by atoms with Crippen LogP contribution in [0.3, 0.4) is 0 Å². The van der Waals surface area contributed by atoms with Gasteiger partial charge in [0.2, 0.25) is 0 Å². The fraction of sp³-hybridized carbons (Fsp3) is 0.111. The molecule has 8 N–H and O–H groups in total. The summed E-state index contributed by atoms with van der Waals surface area (Å²) in [5.41, 5.74) is 5.28. The number of azo groups is 2. The van der Waals surface area contributed by atoms with E-state index >= 15 is 0 Å². The first-order chi connectivity index (χ1) is 24.5. The van der Waals surface area contributed by atoms with Crippen molar-refractivity contribution in [1.29, 1.82) is 0 Å². The number of hydrogen-bond donors (Lipinski definition) is 5. The summed E-state index contributed by atoms with van der Waals surface area (Å²) in [6, 6.07) is 12.4. The van der Waals surface area contributed by atoms with E-state index < -0.39 is 52.6 Å². The highest BCUT2D eigenvalue weighted by atomic mass is 32.3. The number of ether oxygens (including phenoxy) is 2. The minimum absolute atomic E-state index is 0. The van der Waals surface area contributed by atoms with Gasteiger partial charge in [0.05, 0.1) is 56.6 Å². The van der Waals surface area contributed by atoms with Crippen LogP contribution in [0.25, 0.3) is 10.8 Å². The molecule has 53 heavy (non-hydrogen) atoms. The van der Waals surface area contributed by atoms with Crippen molar-refractivity contribution < 1.29 is 73.2 Å². The second kappa shape index (κ2) is 17.9. The van der Waals surface area contributed by atoms with Gasteiger partial charge in [-0.3, -0.25) is 9.11 Å². The number of phenols is 1. The van der Waals surface area contributed by atoms with Crippen LogP contribution in [0.15, 0.2) is 102 Å². The second-order valence-corrected chi connectivity index (χ2v) is 15.2. The summed E-state index contributed by atoms with van der Waals surface area (Å²) in [6.45, 7) is -0.0330. The largest absolute Gasteiger partial charge is 0.505 e. The maximum atomic E-state index is 12.4. The van der Waals surface area contributed by atoms with E-state index in [4.69, 9.17) is 25.0 Å². The predicted octanol–water partition coefficient (Wildman–Crippen LogP) is 4.87. The van der Waals surface area contributed by atoms with E-state index in [1.165, 1.54) is 61.7 Å². The Bertz CT molecular complexity index is 2420. The van der Waals surface area contributed by atoms with Gasteiger partial charge in [-0.05, 0) is 78.3 Å². The number of methoxy groups -OCH3 is 1. The average molecular weight is 836 g/mol. The summed E-state index contributed by atoms with van der Waals surface area (Å²) in [7, 11) is -12.3. The molecule has 0 aromatic heterocycles. The number of hydrogen-bond acceptors (Lipinski definition) is 20. The van der Waals surface area contributed by atoms with Crippen LogP contribution in [-0.2, 0) is 48.6 Å². The monoisotopic (exact) mass is 835 g/mol. The first-order valence-corrected chi connectivity index (χ1v) is 19.2. The molecule has 0 aliphatic heterocycles. The number of anilines is 1. The Balaban J connectivity index is 0.00000756. The molecule has 0 radical (unpaired) electrons. The molecule has 0 saturated heterocycles. The lowest BCUT2D eigenvalue weighted by atomic mass is 10.1. The third-order valence-corrected chi connectivity index (χ3v) is 10.1. The number of phenolic OH excluding ortho intramolecular Hbond substituents is 1. The molecular weight excluding hydrogens is 811 g/mol. The molecule has 0 unspecified atom stereocenters. The lowest BCUT2D eigenvalue weighted by Crippen LogP contribution is -2.11. The lowest BCUT2D eigenvalue weighted by molar-refractivity contribution is -0.432. The first-order valence-electron chi connectivity index (χ1n) is 13.6. The molecular formula is C27H25N5O16S5. The Kier molecular flexibility index (Phi) is 14.4. The number of benzene rings is 4. The number of nitrogens with zero attached hydrogens (tertiary/aromatic N) is 4. The number of thiocarbonyl (C=S) groups is 1. The van der Waals surface area contributed by atoms with Crippen molar-refractivity contribution in [2.45, 2.75) is 14.7 Å². The Morgan fingerprint density at radius 2 is 1.49 bits per heavy atom. The average Bonchev–Trinajstić information content (AvgIpc) is 3.08. The van der Waals surface area contributed by atoms with Crippen molar-refractivity contribution in [1.82, 2.24) is 0 Å². The van der Waals surface area contributed by atoms with Crippen molar-refractivity contribution in [2.24, 2.45) is 20.5 Å². The molecule has 284 valence electrons. The number of rotatable bonds is 16. The molecule has 0 amide bonds. The molecule has 0 bridgehead atoms. The molecule has 0 atom stereocenters. The molecule has 4 rings (SSSR count). The van der Waals surface area contributed by atoms with Gasteiger partial charge in [-0.25, -0.2) is 13.7 Å². The summed E-state index contributed by atoms with van der Waals surface area (Å²) in [5, 5.41) is 41.0. The molecule has 4 aromatic rings. The van der Waals surface area contributed by atoms with Crippen molar-refractivity contribution in [3.63, 3.8) is 0 Å². The van der Waals surface area contributed by atoms with E-state index in [1.807, 2.05) is 5.02 Å². The molecule has 0 heterocycles. The maximum absolute atomic E-state index is 12.4. The first kappa shape index (κ1) is 42.7. The third-order valence-electron chi connectivity index (χ3n) is 6.34. The van der Waals surface area contributed by atoms with Crippen LogP contribution in [0.2, 0.25) is 0 Å². The van der Waals surface area contributed by atoms with Crippen molar-refractivity contribution in [3.05, 3.63) is 66.6 Å². The fourth-order valence-electron chi connectivity index (χ4n) is 4.11. The molecule has 0 aliphatic carbocycles. The topological polar surface area (TPSA) is 336 Å². The van der Waals surface area contributed by atoms with Gasteiger partial charge in [0.25, 0.3) is 10.1 Å². The Morgan fingerprint density at radius 1 is 0.906 bits per heavy atom. The van der Waals surface area contributed by atoms with Crippen LogP contribution in [0.4, 0.5) is 28.4 Å². The van der Waals surface area contributed by atoms with Gasteiger partial charge >= 0.3 is 16.3 Å². The fourth-order valence-corrected chi connectivity index (χ4v) is 6.85. The summed E-state index contributed by atoms with van der Waals surface area (Å²) >= 11 is 4.82. The van der Waals surface area contributed by atoms with E-state index in [1.54, 1.807) is 0 Å². The molecule has 4 aromatic carbocycles. The van der Waals surface area contributed by atoms with Gasteiger partial charge in [-0.1, -0.05) is 5.04 Å². The van der Waals surface area contributed by atoms with E-state index in [9.17, 15) is 34.9 Å². The second-order valence-electron chi connectivity index (χ2n) is 9.71. The van der Waals surface area contributed by atoms with Crippen LogP contribution in [-0.4, -0.2) is 74.7 Å². The van der Waals surface area contributed by atoms with E-state index in [0.29, 0.717) is 12.0 Å². The van der Waals surface area contributed by atoms with Crippen LogP contribution in [0.5, 0.6) is 11.5 Å². The van der Waals surface area contributed by atoms with Crippen LogP contribution in [0, 0.1) is 0 Å². The Hall–Kier alpha value is -4.67.